The van der Waals surface area contributed by atoms with Crippen molar-refractivity contribution in [3.8, 4) is 0 Å². The highest BCUT2D eigenvalue weighted by atomic mass is 35.5. The zero-order valence-electron chi connectivity index (χ0n) is 12.0. The molecule has 0 fully saturated rings. The lowest BCUT2D eigenvalue weighted by Crippen LogP contribution is -2.39. The molecule has 0 saturated heterocycles. The van der Waals surface area contributed by atoms with E-state index in [1.807, 2.05) is 0 Å². The predicted molar refractivity (Wildman–Crippen MR) is 78.6 cm³/mol. The molecule has 0 unspecified atom stereocenters. The largest absolute Gasteiger partial charge is 0.454 e. The van der Waals surface area contributed by atoms with Gasteiger partial charge in [-0.15, -0.1) is 0 Å². The van der Waals surface area contributed by atoms with Crippen LogP contribution in [0, 0.1) is 0 Å². The molecule has 2 rings (SSSR count). The van der Waals surface area contributed by atoms with Crippen LogP contribution < -0.4 is 10.9 Å². The van der Waals surface area contributed by atoms with Crippen LogP contribution in [0.4, 0.5) is 13.2 Å². The van der Waals surface area contributed by atoms with E-state index in [4.69, 9.17) is 11.6 Å². The molecule has 0 heterocycles. The van der Waals surface area contributed by atoms with Crippen LogP contribution in [0.2, 0.25) is 5.02 Å². The number of hydrogen-bond acceptors (Lipinski definition) is 3. The van der Waals surface area contributed by atoms with Crippen LogP contribution in [-0.4, -0.2) is 17.9 Å². The number of carbonyl (C=O) groups excluding carboxylic acids is 2. The second kappa shape index (κ2) is 7.04. The zero-order valence-corrected chi connectivity index (χ0v) is 12.7. The van der Waals surface area contributed by atoms with Gasteiger partial charge in [0.2, 0.25) is 0 Å². The number of rotatable bonds is 4. The minimum absolute atomic E-state index is 0.0354. The fourth-order valence-corrected chi connectivity index (χ4v) is 2.49. The van der Waals surface area contributed by atoms with Crippen molar-refractivity contribution >= 4 is 23.3 Å². The zero-order chi connectivity index (χ0) is 17.0. The van der Waals surface area contributed by atoms with Crippen molar-refractivity contribution in [1.29, 1.82) is 0 Å². The number of hydrazine groups is 1. The first-order valence-corrected chi connectivity index (χ1v) is 7.32. The Morgan fingerprint density at radius 2 is 1.83 bits per heavy atom. The van der Waals surface area contributed by atoms with Gasteiger partial charge in [0.05, 0.1) is 0 Å². The van der Waals surface area contributed by atoms with E-state index in [2.05, 4.69) is 10.9 Å². The molecule has 23 heavy (non-hydrogen) atoms. The lowest BCUT2D eigenvalue weighted by molar-refractivity contribution is -0.166. The number of nitrogens with one attached hydrogen (secondary N) is 2. The van der Waals surface area contributed by atoms with Crippen LogP contribution in [0.1, 0.15) is 36.0 Å². The first kappa shape index (κ1) is 17.3. The summed E-state index contributed by atoms with van der Waals surface area (Å²) in [4.78, 5) is 23.4. The summed E-state index contributed by atoms with van der Waals surface area (Å²) in [5, 5.41) is 0.363. The van der Waals surface area contributed by atoms with Gasteiger partial charge in [0, 0.05) is 21.9 Å². The molecule has 0 saturated carbocycles. The van der Waals surface area contributed by atoms with Gasteiger partial charge in [-0.3, -0.25) is 15.0 Å². The van der Waals surface area contributed by atoms with Gasteiger partial charge in [0.15, 0.2) is 0 Å². The van der Waals surface area contributed by atoms with E-state index in [1.165, 1.54) is 12.1 Å². The van der Waals surface area contributed by atoms with Gasteiger partial charge >= 0.3 is 6.18 Å². The van der Waals surface area contributed by atoms with Crippen LogP contribution in [0.5, 0.6) is 0 Å². The Kier molecular flexibility index (Phi) is 5.30. The lowest BCUT2D eigenvalue weighted by Gasteiger charge is -2.22. The van der Waals surface area contributed by atoms with Crippen molar-refractivity contribution in [2.24, 2.45) is 0 Å². The van der Waals surface area contributed by atoms with E-state index >= 15 is 0 Å². The van der Waals surface area contributed by atoms with E-state index in [-0.39, 0.29) is 29.7 Å². The molecule has 1 amide bonds. The Balaban J connectivity index is 2.11. The maximum absolute atomic E-state index is 12.6. The average Bonchev–Trinajstić information content (AvgIpc) is 2.51. The molecule has 4 nitrogen and oxygen atoms in total. The van der Waals surface area contributed by atoms with Gasteiger partial charge in [-0.05, 0) is 43.9 Å². The first-order valence-electron chi connectivity index (χ1n) is 6.94. The summed E-state index contributed by atoms with van der Waals surface area (Å²) < 4.78 is 37.8. The van der Waals surface area contributed by atoms with Crippen molar-refractivity contribution in [1.82, 2.24) is 10.9 Å². The Bertz CT molecular complexity index is 656. The summed E-state index contributed by atoms with van der Waals surface area (Å²) in [5.41, 5.74) is 4.80. The number of ketones is 1. The summed E-state index contributed by atoms with van der Waals surface area (Å²) in [6.45, 7) is 0. The molecule has 2 N–H and O–H groups in total. The minimum Gasteiger partial charge on any atom is -0.302 e. The molecule has 1 aliphatic carbocycles. The number of allylic oxidation sites excluding steroid dienone is 2. The molecule has 0 atom stereocenters. The highest BCUT2D eigenvalue weighted by Crippen LogP contribution is 2.29. The van der Waals surface area contributed by atoms with Gasteiger partial charge in [0.25, 0.3) is 11.7 Å². The number of amides is 1. The van der Waals surface area contributed by atoms with Gasteiger partial charge in [-0.25, -0.2) is 0 Å². The maximum atomic E-state index is 12.6. The van der Waals surface area contributed by atoms with E-state index in [0.717, 1.165) is 0 Å². The van der Waals surface area contributed by atoms with Crippen LogP contribution in [0.15, 0.2) is 35.5 Å². The van der Waals surface area contributed by atoms with Crippen LogP contribution in [-0.2, 0) is 4.79 Å². The van der Waals surface area contributed by atoms with E-state index in [9.17, 15) is 22.8 Å². The molecule has 8 heteroatoms. The Morgan fingerprint density at radius 3 is 2.48 bits per heavy atom. The third kappa shape index (κ3) is 4.48. The molecule has 0 bridgehead atoms. The Labute approximate surface area is 135 Å². The topological polar surface area (TPSA) is 58.2 Å². The molecule has 0 aliphatic heterocycles. The Hall–Kier alpha value is -2.02. The van der Waals surface area contributed by atoms with Crippen molar-refractivity contribution in [3.05, 3.63) is 46.1 Å². The number of Topliss-reactive ketones (excluding diaryl/α,β-unsaturated/α-hetero) is 1. The van der Waals surface area contributed by atoms with E-state index in [1.54, 1.807) is 12.1 Å². The SMILES string of the molecule is O=C(NNC1=C(C(=O)C(F)(F)F)CCCC1)c1cccc(Cl)c1. The average molecular weight is 347 g/mol. The van der Waals surface area contributed by atoms with Gasteiger partial charge < -0.3 is 5.43 Å². The summed E-state index contributed by atoms with van der Waals surface area (Å²) in [5.74, 6) is -2.42. The molecule has 1 aromatic rings. The normalized spacial score (nSPS) is 15.3. The second-order valence-corrected chi connectivity index (χ2v) is 5.52. The standard InChI is InChI=1S/C15H14ClF3N2O2/c16-10-5-3-4-9(8-10)14(23)21-20-12-7-2-1-6-11(12)13(22)15(17,18)19/h3-5,8,20H,1-2,6-7H2,(H,21,23). The molecule has 0 radical (unpaired) electrons. The van der Waals surface area contributed by atoms with Crippen LogP contribution >= 0.6 is 11.6 Å². The molecule has 0 aromatic heterocycles. The molecule has 1 aromatic carbocycles. The smallest absolute Gasteiger partial charge is 0.302 e. The highest BCUT2D eigenvalue weighted by Gasteiger charge is 2.42. The summed E-state index contributed by atoms with van der Waals surface area (Å²) >= 11 is 5.77. The fourth-order valence-electron chi connectivity index (χ4n) is 2.30. The number of benzene rings is 1. The number of alkyl halides is 3. The lowest BCUT2D eigenvalue weighted by atomic mass is 9.93. The first-order chi connectivity index (χ1) is 10.8. The van der Waals surface area contributed by atoms with Crippen molar-refractivity contribution in [3.63, 3.8) is 0 Å². The summed E-state index contributed by atoms with van der Waals surface area (Å²) in [6, 6.07) is 6.11. The number of halogens is 4. The van der Waals surface area contributed by atoms with Crippen molar-refractivity contribution in [2.75, 3.05) is 0 Å². The quantitative estimate of drug-likeness (QED) is 0.820. The fraction of sp³-hybridized carbons (Fsp3) is 0.333. The van der Waals surface area contributed by atoms with Crippen molar-refractivity contribution < 1.29 is 22.8 Å². The molecule has 124 valence electrons. The molecular weight excluding hydrogens is 333 g/mol. The summed E-state index contributed by atoms with van der Waals surface area (Å²) in [7, 11) is 0. The summed E-state index contributed by atoms with van der Waals surface area (Å²) in [6.07, 6.45) is -3.47. The molecular formula is C15H14ClF3N2O2. The number of carbonyl (C=O) groups is 2. The van der Waals surface area contributed by atoms with Gasteiger partial charge in [-0.1, -0.05) is 17.7 Å². The third-order valence-corrected chi connectivity index (χ3v) is 3.65. The van der Waals surface area contributed by atoms with E-state index in [0.29, 0.717) is 17.9 Å². The maximum Gasteiger partial charge on any atom is 0.454 e. The monoisotopic (exact) mass is 346 g/mol. The third-order valence-electron chi connectivity index (χ3n) is 3.41. The predicted octanol–water partition coefficient (Wildman–Crippen LogP) is 3.53. The van der Waals surface area contributed by atoms with Gasteiger partial charge in [0.1, 0.15) is 0 Å². The minimum atomic E-state index is -4.92. The number of hydrogen-bond donors (Lipinski definition) is 2. The highest BCUT2D eigenvalue weighted by molar-refractivity contribution is 6.30. The molecule has 0 spiro atoms. The van der Waals surface area contributed by atoms with E-state index < -0.39 is 17.9 Å². The van der Waals surface area contributed by atoms with Crippen LogP contribution in [0.25, 0.3) is 0 Å². The Morgan fingerprint density at radius 1 is 1.13 bits per heavy atom. The second-order valence-electron chi connectivity index (χ2n) is 5.08. The van der Waals surface area contributed by atoms with Crippen LogP contribution in [0.3, 0.4) is 0 Å². The van der Waals surface area contributed by atoms with Crippen molar-refractivity contribution in [2.45, 2.75) is 31.9 Å². The molecule has 1 aliphatic rings. The van der Waals surface area contributed by atoms with Gasteiger partial charge in [-0.2, -0.15) is 13.2 Å².